The van der Waals surface area contributed by atoms with Crippen molar-refractivity contribution >= 4 is 17.8 Å². The van der Waals surface area contributed by atoms with Gasteiger partial charge in [-0.3, -0.25) is 9.59 Å². The van der Waals surface area contributed by atoms with Crippen LogP contribution < -0.4 is 4.74 Å². The molecular weight excluding hydrogens is 348 g/mol. The zero-order valence-corrected chi connectivity index (χ0v) is 15.0. The molecule has 7 nitrogen and oxygen atoms in total. The number of pyridine rings is 1. The van der Waals surface area contributed by atoms with E-state index in [1.54, 1.807) is 32.0 Å². The van der Waals surface area contributed by atoms with Crippen molar-refractivity contribution in [1.82, 2.24) is 10.0 Å². The molecule has 1 aliphatic heterocycles. The third-order valence-electron chi connectivity index (χ3n) is 4.78. The molecule has 0 spiro atoms. The maximum absolute atomic E-state index is 12.8. The molecule has 0 unspecified atom stereocenters. The highest BCUT2D eigenvalue weighted by atomic mass is 16.7. The summed E-state index contributed by atoms with van der Waals surface area (Å²) in [4.78, 5) is 47.1. The van der Waals surface area contributed by atoms with Crippen LogP contribution in [0.25, 0.3) is 0 Å². The lowest BCUT2D eigenvalue weighted by Gasteiger charge is -2.27. The molecule has 0 atom stereocenters. The van der Waals surface area contributed by atoms with Gasteiger partial charge in [0.05, 0.1) is 11.1 Å². The summed E-state index contributed by atoms with van der Waals surface area (Å²) in [6.07, 6.45) is 2.90. The number of hydrogen-bond donors (Lipinski definition) is 0. The second kappa shape index (κ2) is 6.50. The van der Waals surface area contributed by atoms with E-state index in [0.717, 1.165) is 19.3 Å². The molecular formula is C20H18N2O5. The molecule has 27 heavy (non-hydrogen) atoms. The van der Waals surface area contributed by atoms with E-state index in [2.05, 4.69) is 4.98 Å². The molecule has 4 rings (SSSR count). The predicted molar refractivity (Wildman–Crippen MR) is 94.3 cm³/mol. The summed E-state index contributed by atoms with van der Waals surface area (Å²) in [5.41, 5.74) is 1.86. The summed E-state index contributed by atoms with van der Waals surface area (Å²) in [5.74, 6) is -1.99. The van der Waals surface area contributed by atoms with Crippen molar-refractivity contribution in [3.05, 3.63) is 58.3 Å². The Morgan fingerprint density at radius 2 is 1.74 bits per heavy atom. The highest BCUT2D eigenvalue weighted by Crippen LogP contribution is 2.30. The van der Waals surface area contributed by atoms with Gasteiger partial charge in [-0.2, -0.15) is 0 Å². The SMILES string of the molecule is Cc1cc(C)c(C(=O)ON2C(=O)c3ccccc3C2=O)c(OC2CCC2)n1. The number of aromatic nitrogens is 1. The molecule has 7 heteroatoms. The molecule has 1 aromatic heterocycles. The molecule has 0 radical (unpaired) electrons. The Labute approximate surface area is 155 Å². The number of benzene rings is 1. The zero-order chi connectivity index (χ0) is 19.1. The first-order valence-electron chi connectivity index (χ1n) is 8.80. The first-order valence-corrected chi connectivity index (χ1v) is 8.80. The summed E-state index contributed by atoms with van der Waals surface area (Å²) >= 11 is 0. The van der Waals surface area contributed by atoms with E-state index in [-0.39, 0.29) is 28.7 Å². The average molecular weight is 366 g/mol. The standard InChI is InChI=1S/C20H18N2O5/c1-11-10-12(2)21-17(26-13-6-5-7-13)16(11)20(25)27-22-18(23)14-8-3-4-9-15(14)19(22)24/h3-4,8-10,13H,5-7H2,1-2H3. The van der Waals surface area contributed by atoms with Crippen LogP contribution in [0.4, 0.5) is 0 Å². The molecule has 2 heterocycles. The molecule has 0 saturated heterocycles. The Hall–Kier alpha value is -3.22. The van der Waals surface area contributed by atoms with E-state index in [1.807, 2.05) is 0 Å². The Morgan fingerprint density at radius 3 is 2.30 bits per heavy atom. The van der Waals surface area contributed by atoms with Crippen molar-refractivity contribution in [3.63, 3.8) is 0 Å². The second-order valence-corrected chi connectivity index (χ2v) is 6.76. The van der Waals surface area contributed by atoms with E-state index >= 15 is 0 Å². The second-order valence-electron chi connectivity index (χ2n) is 6.76. The molecule has 2 aromatic rings. The highest BCUT2D eigenvalue weighted by molar-refractivity contribution is 6.21. The maximum atomic E-state index is 12.8. The summed E-state index contributed by atoms with van der Waals surface area (Å²) in [7, 11) is 0. The van der Waals surface area contributed by atoms with Crippen LogP contribution in [0.5, 0.6) is 5.88 Å². The fraction of sp³-hybridized carbons (Fsp3) is 0.300. The van der Waals surface area contributed by atoms with E-state index in [0.29, 0.717) is 16.3 Å². The first-order chi connectivity index (χ1) is 13.0. The lowest BCUT2D eigenvalue weighted by molar-refractivity contribution is -0.0589. The van der Waals surface area contributed by atoms with Crippen LogP contribution in [0.2, 0.25) is 0 Å². The Kier molecular flexibility index (Phi) is 4.14. The monoisotopic (exact) mass is 366 g/mol. The minimum absolute atomic E-state index is 0.0181. The summed E-state index contributed by atoms with van der Waals surface area (Å²) in [6, 6.07) is 8.06. The normalized spacial score (nSPS) is 16.1. The highest BCUT2D eigenvalue weighted by Gasteiger charge is 2.39. The number of hydrogen-bond acceptors (Lipinski definition) is 6. The van der Waals surface area contributed by atoms with Crippen molar-refractivity contribution in [1.29, 1.82) is 0 Å². The fourth-order valence-electron chi connectivity index (χ4n) is 3.16. The molecule has 1 fully saturated rings. The number of fused-ring (bicyclic) bond motifs is 1. The van der Waals surface area contributed by atoms with Gasteiger partial charge >= 0.3 is 5.97 Å². The van der Waals surface area contributed by atoms with Gasteiger partial charge in [-0.15, -0.1) is 0 Å². The van der Waals surface area contributed by atoms with Gasteiger partial charge < -0.3 is 9.57 Å². The van der Waals surface area contributed by atoms with Crippen molar-refractivity contribution in [2.45, 2.75) is 39.2 Å². The van der Waals surface area contributed by atoms with Crippen LogP contribution in [-0.4, -0.2) is 33.9 Å². The van der Waals surface area contributed by atoms with E-state index in [1.165, 1.54) is 12.1 Å². The number of nitrogens with zero attached hydrogens (tertiary/aromatic N) is 2. The van der Waals surface area contributed by atoms with Gasteiger partial charge in [-0.05, 0) is 56.9 Å². The number of imide groups is 1. The molecule has 138 valence electrons. The van der Waals surface area contributed by atoms with Gasteiger partial charge in [-0.1, -0.05) is 17.2 Å². The smallest absolute Gasteiger partial charge is 0.369 e. The van der Waals surface area contributed by atoms with Crippen LogP contribution in [0.3, 0.4) is 0 Å². The molecule has 1 aromatic carbocycles. The number of carbonyl (C=O) groups excluding carboxylic acids is 3. The molecule has 2 aliphatic rings. The number of aryl methyl sites for hydroxylation is 2. The van der Waals surface area contributed by atoms with Crippen molar-refractivity contribution < 1.29 is 24.0 Å². The van der Waals surface area contributed by atoms with Crippen molar-refractivity contribution in [2.24, 2.45) is 0 Å². The third-order valence-corrected chi connectivity index (χ3v) is 4.78. The van der Waals surface area contributed by atoms with Crippen LogP contribution >= 0.6 is 0 Å². The van der Waals surface area contributed by atoms with Crippen molar-refractivity contribution in [2.75, 3.05) is 0 Å². The van der Waals surface area contributed by atoms with Crippen LogP contribution in [0, 0.1) is 13.8 Å². The Morgan fingerprint density at radius 1 is 1.11 bits per heavy atom. The predicted octanol–water partition coefficient (Wildman–Crippen LogP) is 3.00. The topological polar surface area (TPSA) is 85.8 Å². The van der Waals surface area contributed by atoms with E-state index in [9.17, 15) is 14.4 Å². The quantitative estimate of drug-likeness (QED) is 0.773. The number of hydroxylamine groups is 2. The molecule has 1 aliphatic carbocycles. The van der Waals surface area contributed by atoms with Gasteiger partial charge in [-0.25, -0.2) is 9.78 Å². The van der Waals surface area contributed by atoms with Crippen molar-refractivity contribution in [3.8, 4) is 5.88 Å². The lowest BCUT2D eigenvalue weighted by atomic mass is 9.96. The number of rotatable bonds is 4. The Balaban J connectivity index is 1.62. The van der Waals surface area contributed by atoms with Gasteiger partial charge in [0.1, 0.15) is 11.7 Å². The molecule has 2 amide bonds. The van der Waals surface area contributed by atoms with Gasteiger partial charge in [0.25, 0.3) is 11.8 Å². The number of carbonyl (C=O) groups is 3. The largest absolute Gasteiger partial charge is 0.474 e. The Bertz CT molecular complexity index is 930. The summed E-state index contributed by atoms with van der Waals surface area (Å²) in [6.45, 7) is 3.54. The summed E-state index contributed by atoms with van der Waals surface area (Å²) < 4.78 is 5.84. The van der Waals surface area contributed by atoms with E-state index < -0.39 is 17.8 Å². The zero-order valence-electron chi connectivity index (χ0n) is 15.0. The minimum atomic E-state index is -0.844. The summed E-state index contributed by atoms with van der Waals surface area (Å²) in [5, 5.41) is 0.499. The molecule has 0 bridgehead atoms. The average Bonchev–Trinajstić information content (AvgIpc) is 2.83. The van der Waals surface area contributed by atoms with Gasteiger partial charge in [0.2, 0.25) is 5.88 Å². The van der Waals surface area contributed by atoms with E-state index in [4.69, 9.17) is 9.57 Å². The van der Waals surface area contributed by atoms with Crippen LogP contribution in [0.1, 0.15) is 61.6 Å². The van der Waals surface area contributed by atoms with Gasteiger partial charge in [0, 0.05) is 5.69 Å². The first kappa shape index (κ1) is 17.2. The molecule has 0 N–H and O–H groups in total. The number of ether oxygens (including phenoxy) is 1. The third kappa shape index (κ3) is 2.95. The maximum Gasteiger partial charge on any atom is 0.369 e. The molecule has 1 saturated carbocycles. The number of amides is 2. The fourth-order valence-corrected chi connectivity index (χ4v) is 3.16. The van der Waals surface area contributed by atoms with Gasteiger partial charge in [0.15, 0.2) is 0 Å². The van der Waals surface area contributed by atoms with Crippen LogP contribution in [-0.2, 0) is 4.84 Å². The van der Waals surface area contributed by atoms with Crippen LogP contribution in [0.15, 0.2) is 30.3 Å². The lowest BCUT2D eigenvalue weighted by Crippen LogP contribution is -2.33. The minimum Gasteiger partial charge on any atom is -0.474 e.